The third kappa shape index (κ3) is 4.90. The van der Waals surface area contributed by atoms with Gasteiger partial charge in [-0.15, -0.1) is 30.0 Å². The van der Waals surface area contributed by atoms with Gasteiger partial charge >= 0.3 is 0 Å². The molecule has 0 radical (unpaired) electrons. The SMILES string of the molecule is CC(C)(C)c1cc(Cc2cc(C(C)(C)C)cc(-n3nc4ccccc4n3)c2O)c(O)c(-n2nc3ccccc3n2)c1. The summed E-state index contributed by atoms with van der Waals surface area (Å²) in [5.74, 6) is 0.145. The topological polar surface area (TPSA) is 102 Å². The lowest BCUT2D eigenvalue weighted by atomic mass is 9.83. The monoisotopic (exact) mass is 546 g/mol. The molecule has 208 valence electrons. The molecule has 0 spiro atoms. The van der Waals surface area contributed by atoms with Crippen LogP contribution in [-0.2, 0) is 17.3 Å². The number of benzene rings is 4. The molecule has 2 aromatic heterocycles. The van der Waals surface area contributed by atoms with Crippen LogP contribution in [0.5, 0.6) is 11.5 Å². The molecule has 6 aromatic rings. The van der Waals surface area contributed by atoms with Crippen molar-refractivity contribution in [1.29, 1.82) is 0 Å². The molecule has 0 unspecified atom stereocenters. The molecule has 0 amide bonds. The molecular formula is C33H34N6O2. The second-order valence-electron chi connectivity index (χ2n) is 12.6. The molecule has 0 saturated heterocycles. The van der Waals surface area contributed by atoms with Gasteiger partial charge in [0.15, 0.2) is 0 Å². The van der Waals surface area contributed by atoms with Crippen LogP contribution in [-0.4, -0.2) is 40.2 Å². The van der Waals surface area contributed by atoms with Crippen molar-refractivity contribution in [2.24, 2.45) is 0 Å². The van der Waals surface area contributed by atoms with Crippen LogP contribution in [0.15, 0.2) is 72.8 Å². The summed E-state index contributed by atoms with van der Waals surface area (Å²) in [7, 11) is 0. The number of hydrogen-bond donors (Lipinski definition) is 2. The summed E-state index contributed by atoms with van der Waals surface area (Å²) in [4.78, 5) is 2.99. The maximum atomic E-state index is 11.6. The summed E-state index contributed by atoms with van der Waals surface area (Å²) < 4.78 is 0. The predicted molar refractivity (Wildman–Crippen MR) is 161 cm³/mol. The van der Waals surface area contributed by atoms with Crippen LogP contribution in [0.25, 0.3) is 33.4 Å². The van der Waals surface area contributed by atoms with Gasteiger partial charge in [0, 0.05) is 17.5 Å². The number of fused-ring (bicyclic) bond motifs is 2. The van der Waals surface area contributed by atoms with E-state index in [4.69, 9.17) is 0 Å². The third-order valence-electron chi connectivity index (χ3n) is 7.45. The maximum Gasteiger partial charge on any atom is 0.146 e. The highest BCUT2D eigenvalue weighted by Crippen LogP contribution is 2.39. The molecular weight excluding hydrogens is 512 g/mol. The van der Waals surface area contributed by atoms with E-state index in [9.17, 15) is 10.2 Å². The molecule has 2 N–H and O–H groups in total. The molecule has 8 heteroatoms. The second kappa shape index (κ2) is 9.44. The van der Waals surface area contributed by atoms with Crippen LogP contribution < -0.4 is 0 Å². The molecule has 2 heterocycles. The van der Waals surface area contributed by atoms with Gasteiger partial charge in [-0.3, -0.25) is 0 Å². The van der Waals surface area contributed by atoms with Crippen molar-refractivity contribution >= 4 is 22.1 Å². The lowest BCUT2D eigenvalue weighted by Gasteiger charge is -2.24. The second-order valence-corrected chi connectivity index (χ2v) is 12.6. The van der Waals surface area contributed by atoms with Crippen LogP contribution in [0.1, 0.15) is 63.8 Å². The molecule has 0 atom stereocenters. The summed E-state index contributed by atoms with van der Waals surface area (Å²) in [6, 6.07) is 23.1. The zero-order chi connectivity index (χ0) is 29.1. The first-order valence-electron chi connectivity index (χ1n) is 13.8. The summed E-state index contributed by atoms with van der Waals surface area (Å²) in [6.07, 6.45) is 0.285. The van der Waals surface area contributed by atoms with E-state index in [1.807, 2.05) is 72.8 Å². The van der Waals surface area contributed by atoms with Crippen molar-refractivity contribution in [2.45, 2.75) is 58.8 Å². The number of rotatable bonds is 4. The number of hydrogen-bond acceptors (Lipinski definition) is 6. The molecule has 0 fully saturated rings. The molecule has 0 aliphatic rings. The van der Waals surface area contributed by atoms with Gasteiger partial charge in [0.05, 0.1) is 0 Å². The highest BCUT2D eigenvalue weighted by atomic mass is 16.3. The van der Waals surface area contributed by atoms with E-state index in [-0.39, 0.29) is 28.7 Å². The van der Waals surface area contributed by atoms with E-state index < -0.39 is 0 Å². The van der Waals surface area contributed by atoms with Crippen LogP contribution >= 0.6 is 0 Å². The Kier molecular flexibility index (Phi) is 6.10. The summed E-state index contributed by atoms with van der Waals surface area (Å²) in [6.45, 7) is 12.8. The average molecular weight is 547 g/mol. The first kappa shape index (κ1) is 26.5. The minimum Gasteiger partial charge on any atom is -0.505 e. The van der Waals surface area contributed by atoms with Crippen LogP contribution in [0.4, 0.5) is 0 Å². The normalized spacial score (nSPS) is 12.4. The van der Waals surface area contributed by atoms with Crippen molar-refractivity contribution in [3.63, 3.8) is 0 Å². The highest BCUT2D eigenvalue weighted by Gasteiger charge is 2.25. The Bertz CT molecular complexity index is 1720. The van der Waals surface area contributed by atoms with Crippen LogP contribution in [0.2, 0.25) is 0 Å². The average Bonchev–Trinajstić information content (AvgIpc) is 3.54. The quantitative estimate of drug-likeness (QED) is 0.254. The minimum absolute atomic E-state index is 0.0726. The van der Waals surface area contributed by atoms with Gasteiger partial charge < -0.3 is 10.2 Å². The zero-order valence-corrected chi connectivity index (χ0v) is 24.2. The first-order valence-corrected chi connectivity index (χ1v) is 13.8. The molecule has 0 aliphatic heterocycles. The molecule has 0 bridgehead atoms. The number of phenols is 2. The van der Waals surface area contributed by atoms with Crippen molar-refractivity contribution in [2.75, 3.05) is 0 Å². The van der Waals surface area contributed by atoms with Gasteiger partial charge in [-0.1, -0.05) is 77.9 Å². The van der Waals surface area contributed by atoms with Gasteiger partial charge in [0.1, 0.15) is 44.9 Å². The molecule has 6 rings (SSSR count). The molecule has 8 nitrogen and oxygen atoms in total. The summed E-state index contributed by atoms with van der Waals surface area (Å²) >= 11 is 0. The van der Waals surface area contributed by atoms with Crippen LogP contribution in [0.3, 0.4) is 0 Å². The molecule has 4 aromatic carbocycles. The van der Waals surface area contributed by atoms with E-state index in [2.05, 4.69) is 61.9 Å². The van der Waals surface area contributed by atoms with Gasteiger partial charge in [0.2, 0.25) is 0 Å². The van der Waals surface area contributed by atoms with Gasteiger partial charge in [-0.2, -0.15) is 0 Å². The van der Waals surface area contributed by atoms with E-state index in [1.54, 1.807) is 0 Å². The minimum atomic E-state index is -0.205. The van der Waals surface area contributed by atoms with E-state index in [0.717, 1.165) is 33.2 Å². The number of phenolic OH excluding ortho intramolecular Hbond substituents is 2. The first-order chi connectivity index (χ1) is 19.4. The standard InChI is InChI=1S/C33H34N6O2/c1-32(2,3)22-16-20(30(40)28(18-22)38-34-24-11-7-8-12-25(24)35-38)15-21-17-23(33(4,5)6)19-29(31(21)41)39-36-26-13-9-10-14-27(26)37-39/h7-14,16-19,40-41H,15H2,1-6H3. The number of nitrogens with zero attached hydrogens (tertiary/aromatic N) is 6. The third-order valence-corrected chi connectivity index (χ3v) is 7.45. The maximum absolute atomic E-state index is 11.6. The Morgan fingerprint density at radius 1 is 0.537 bits per heavy atom. The Morgan fingerprint density at radius 2 is 0.854 bits per heavy atom. The van der Waals surface area contributed by atoms with Crippen molar-refractivity contribution < 1.29 is 10.2 Å². The van der Waals surface area contributed by atoms with Crippen LogP contribution in [0, 0.1) is 0 Å². The fourth-order valence-electron chi connectivity index (χ4n) is 4.94. The van der Waals surface area contributed by atoms with Crippen molar-refractivity contribution in [1.82, 2.24) is 30.0 Å². The predicted octanol–water partition coefficient (Wildman–Crippen LogP) is 6.75. The highest BCUT2D eigenvalue weighted by molar-refractivity contribution is 5.75. The van der Waals surface area contributed by atoms with Crippen molar-refractivity contribution in [3.05, 3.63) is 95.1 Å². The Hall–Kier alpha value is -4.72. The Morgan fingerprint density at radius 3 is 1.15 bits per heavy atom. The van der Waals surface area contributed by atoms with Gasteiger partial charge in [0.25, 0.3) is 0 Å². The fraction of sp³-hybridized carbons (Fsp3) is 0.273. The van der Waals surface area contributed by atoms with Gasteiger partial charge in [-0.05, 0) is 58.4 Å². The Balaban J connectivity index is 1.52. The molecule has 0 saturated carbocycles. The fourth-order valence-corrected chi connectivity index (χ4v) is 4.94. The summed E-state index contributed by atoms with van der Waals surface area (Å²) in [5.41, 5.74) is 6.93. The van der Waals surface area contributed by atoms with E-state index in [0.29, 0.717) is 22.5 Å². The number of aromatic hydroxyl groups is 2. The summed E-state index contributed by atoms with van der Waals surface area (Å²) in [5, 5.41) is 41.7. The van der Waals surface area contributed by atoms with E-state index in [1.165, 1.54) is 9.59 Å². The van der Waals surface area contributed by atoms with E-state index >= 15 is 0 Å². The smallest absolute Gasteiger partial charge is 0.146 e. The number of aromatic nitrogens is 6. The largest absolute Gasteiger partial charge is 0.505 e. The molecule has 41 heavy (non-hydrogen) atoms. The lowest BCUT2D eigenvalue weighted by Crippen LogP contribution is -2.15. The molecule has 0 aliphatic carbocycles. The Labute approximate surface area is 238 Å². The van der Waals surface area contributed by atoms with Gasteiger partial charge in [-0.25, -0.2) is 0 Å². The van der Waals surface area contributed by atoms with Crippen molar-refractivity contribution in [3.8, 4) is 22.9 Å². The zero-order valence-electron chi connectivity index (χ0n) is 24.2. The lowest BCUT2D eigenvalue weighted by molar-refractivity contribution is 0.453.